The van der Waals surface area contributed by atoms with Crippen LogP contribution in [-0.4, -0.2) is 28.8 Å². The van der Waals surface area contributed by atoms with Crippen molar-refractivity contribution >= 4 is 16.6 Å². The van der Waals surface area contributed by atoms with E-state index >= 15 is 0 Å². The zero-order chi connectivity index (χ0) is 18.7. The maximum Gasteiger partial charge on any atom is 0.192 e. The van der Waals surface area contributed by atoms with Gasteiger partial charge in [0.05, 0.1) is 12.2 Å². The van der Waals surface area contributed by atoms with Gasteiger partial charge in [-0.2, -0.15) is 0 Å². The van der Waals surface area contributed by atoms with E-state index in [1.54, 1.807) is 0 Å². The molecule has 0 aliphatic carbocycles. The summed E-state index contributed by atoms with van der Waals surface area (Å²) in [7, 11) is -3.63. The molecule has 0 bridgehead atoms. The molecule has 2 nitrogen and oxygen atoms in total. The lowest BCUT2D eigenvalue weighted by atomic mass is 10.1. The highest BCUT2D eigenvalue weighted by Gasteiger charge is 2.41. The Morgan fingerprint density at radius 2 is 1.00 bits per heavy atom. The van der Waals surface area contributed by atoms with Crippen molar-refractivity contribution in [3.8, 4) is 0 Å². The number of hydrogen-bond donors (Lipinski definition) is 0. The van der Waals surface area contributed by atoms with Crippen LogP contribution in [0.1, 0.15) is 48.0 Å². The van der Waals surface area contributed by atoms with Crippen LogP contribution in [0.3, 0.4) is 0 Å². The summed E-state index contributed by atoms with van der Waals surface area (Å²) in [5.74, 6) is 0. The van der Waals surface area contributed by atoms with Gasteiger partial charge in [0.25, 0.3) is 0 Å². The normalized spacial score (nSPS) is 16.8. The average Bonchev–Trinajstić information content (AvgIpc) is 2.33. The van der Waals surface area contributed by atoms with Gasteiger partial charge in [0.15, 0.2) is 16.6 Å². The molecule has 4 heteroatoms. The largest absolute Gasteiger partial charge is 0.410 e. The highest BCUT2D eigenvalue weighted by molar-refractivity contribution is 6.74. The Labute approximate surface area is 147 Å². The molecule has 0 N–H and O–H groups in total. The van der Waals surface area contributed by atoms with Gasteiger partial charge in [-0.1, -0.05) is 53.7 Å². The molecule has 136 valence electrons. The van der Waals surface area contributed by atoms with Crippen LogP contribution in [0, 0.1) is 0 Å². The van der Waals surface area contributed by atoms with Gasteiger partial charge < -0.3 is 8.85 Å². The summed E-state index contributed by atoms with van der Waals surface area (Å²) in [6, 6.07) is 0. The van der Waals surface area contributed by atoms with Gasteiger partial charge in [-0.25, -0.2) is 0 Å². The molecule has 0 heterocycles. The van der Waals surface area contributed by atoms with Crippen LogP contribution in [0.5, 0.6) is 0 Å². The molecule has 0 saturated heterocycles. The first-order valence-corrected chi connectivity index (χ1v) is 14.5. The van der Waals surface area contributed by atoms with Crippen molar-refractivity contribution in [3.05, 3.63) is 25.3 Å². The third kappa shape index (κ3) is 6.69. The molecule has 0 amide bonds. The molecule has 0 radical (unpaired) electrons. The maximum absolute atomic E-state index is 6.49. The lowest BCUT2D eigenvalue weighted by Gasteiger charge is -2.41. The van der Waals surface area contributed by atoms with Crippen molar-refractivity contribution in [2.24, 2.45) is 0 Å². The van der Waals surface area contributed by atoms with Crippen LogP contribution in [-0.2, 0) is 8.85 Å². The van der Waals surface area contributed by atoms with Crippen molar-refractivity contribution < 1.29 is 8.85 Å². The predicted molar refractivity (Wildman–Crippen MR) is 109 cm³/mol. The quantitative estimate of drug-likeness (QED) is 0.363. The Bertz CT molecular complexity index is 363. The lowest BCUT2D eigenvalue weighted by molar-refractivity contribution is 0.142. The Morgan fingerprint density at radius 3 is 1.17 bits per heavy atom. The van der Waals surface area contributed by atoms with Crippen molar-refractivity contribution in [2.45, 2.75) is 96.4 Å². The summed E-state index contributed by atoms with van der Waals surface area (Å²) < 4.78 is 13.0. The average molecular weight is 357 g/mol. The molecular weight excluding hydrogens is 316 g/mol. The van der Waals surface area contributed by atoms with Crippen molar-refractivity contribution in [1.82, 2.24) is 0 Å². The van der Waals surface area contributed by atoms with E-state index in [0.717, 1.165) is 6.42 Å². The summed E-state index contributed by atoms with van der Waals surface area (Å²) in [6.45, 7) is 30.6. The summed E-state index contributed by atoms with van der Waals surface area (Å²) in [5, 5.41) is 0.385. The molecule has 23 heavy (non-hydrogen) atoms. The van der Waals surface area contributed by atoms with Crippen LogP contribution in [0.4, 0.5) is 0 Å². The third-order valence-corrected chi connectivity index (χ3v) is 14.5. The molecule has 0 unspecified atom stereocenters. The van der Waals surface area contributed by atoms with E-state index in [4.69, 9.17) is 8.85 Å². The van der Waals surface area contributed by atoms with Crippen LogP contribution < -0.4 is 0 Å². The highest BCUT2D eigenvalue weighted by Crippen LogP contribution is 2.39. The smallest absolute Gasteiger partial charge is 0.192 e. The Balaban J connectivity index is 5.03. The molecule has 0 aromatic carbocycles. The Hall–Kier alpha value is -0.166. The standard InChI is InChI=1S/C19H40O2Si2/c1-13-16(20-22(9,10)18(3,4)5)15-17(14-2)21-23(11,12)19(6,7)8/h13-14,16-17H,1-2,15H2,3-12H3/t16-,17-/m1/s1. The maximum atomic E-state index is 6.49. The van der Waals surface area contributed by atoms with Crippen molar-refractivity contribution in [3.63, 3.8) is 0 Å². The van der Waals surface area contributed by atoms with Crippen molar-refractivity contribution in [2.75, 3.05) is 0 Å². The lowest BCUT2D eigenvalue weighted by Crippen LogP contribution is -2.46. The van der Waals surface area contributed by atoms with Crippen LogP contribution in [0.25, 0.3) is 0 Å². The second kappa shape index (κ2) is 7.81. The predicted octanol–water partition coefficient (Wildman–Crippen LogP) is 6.53. The fraction of sp³-hybridized carbons (Fsp3) is 0.789. The molecule has 0 aliphatic rings. The third-order valence-electron chi connectivity index (χ3n) is 5.49. The van der Waals surface area contributed by atoms with Gasteiger partial charge in [-0.15, -0.1) is 13.2 Å². The molecule has 0 aromatic rings. The van der Waals surface area contributed by atoms with Crippen LogP contribution in [0.2, 0.25) is 36.3 Å². The molecule has 0 rings (SSSR count). The van der Waals surface area contributed by atoms with Gasteiger partial charge in [0.2, 0.25) is 0 Å². The first kappa shape index (κ1) is 22.8. The van der Waals surface area contributed by atoms with Gasteiger partial charge >= 0.3 is 0 Å². The monoisotopic (exact) mass is 356 g/mol. The molecule has 0 saturated carbocycles. The summed E-state index contributed by atoms with van der Waals surface area (Å²) in [4.78, 5) is 0. The minimum atomic E-state index is -1.81. The van der Waals surface area contributed by atoms with Gasteiger partial charge in [0, 0.05) is 6.42 Å². The SMILES string of the molecule is C=C[C@H](C[C@@H](C=C)O[Si](C)(C)C(C)(C)C)O[Si](C)(C)C(C)(C)C. The van der Waals surface area contributed by atoms with E-state index in [0.29, 0.717) is 0 Å². The topological polar surface area (TPSA) is 18.5 Å². The zero-order valence-electron chi connectivity index (χ0n) is 17.2. The summed E-state index contributed by atoms with van der Waals surface area (Å²) >= 11 is 0. The van der Waals surface area contributed by atoms with E-state index in [9.17, 15) is 0 Å². The zero-order valence-corrected chi connectivity index (χ0v) is 19.2. The van der Waals surface area contributed by atoms with E-state index in [2.05, 4.69) is 80.9 Å². The fourth-order valence-electron chi connectivity index (χ4n) is 1.72. The molecular formula is C19H40O2Si2. The fourth-order valence-corrected chi connectivity index (χ4v) is 4.33. The minimum Gasteiger partial charge on any atom is -0.410 e. The van der Waals surface area contributed by atoms with Crippen LogP contribution in [0.15, 0.2) is 25.3 Å². The molecule has 0 fully saturated rings. The number of hydrogen-bond acceptors (Lipinski definition) is 2. The molecule has 0 spiro atoms. The Kier molecular flexibility index (Phi) is 7.75. The van der Waals surface area contributed by atoms with E-state index in [1.165, 1.54) is 0 Å². The second-order valence-electron chi connectivity index (χ2n) is 9.54. The summed E-state index contributed by atoms with van der Waals surface area (Å²) in [6.07, 6.45) is 4.68. The number of rotatable bonds is 8. The first-order valence-electron chi connectivity index (χ1n) is 8.68. The minimum absolute atomic E-state index is 0.0173. The highest BCUT2D eigenvalue weighted by atomic mass is 28.4. The Morgan fingerprint density at radius 1 is 0.739 bits per heavy atom. The second-order valence-corrected chi connectivity index (χ2v) is 19.1. The van der Waals surface area contributed by atoms with E-state index in [-0.39, 0.29) is 22.3 Å². The molecule has 0 aromatic heterocycles. The van der Waals surface area contributed by atoms with E-state index < -0.39 is 16.6 Å². The first-order chi connectivity index (χ1) is 10.1. The molecule has 2 atom stereocenters. The van der Waals surface area contributed by atoms with Crippen LogP contribution >= 0.6 is 0 Å². The van der Waals surface area contributed by atoms with Gasteiger partial charge in [-0.05, 0) is 36.3 Å². The molecule has 0 aliphatic heterocycles. The van der Waals surface area contributed by atoms with Gasteiger partial charge in [0.1, 0.15) is 0 Å². The van der Waals surface area contributed by atoms with Gasteiger partial charge in [-0.3, -0.25) is 0 Å². The summed E-state index contributed by atoms with van der Waals surface area (Å²) in [5.41, 5.74) is 0. The van der Waals surface area contributed by atoms with E-state index in [1.807, 2.05) is 12.2 Å². The van der Waals surface area contributed by atoms with Crippen molar-refractivity contribution in [1.29, 1.82) is 0 Å².